The Morgan fingerprint density at radius 2 is 1.68 bits per heavy atom. The summed E-state index contributed by atoms with van der Waals surface area (Å²) >= 11 is 5.87. The van der Waals surface area contributed by atoms with Gasteiger partial charge in [0.05, 0.1) is 16.1 Å². The van der Waals surface area contributed by atoms with Crippen molar-refractivity contribution in [3.8, 4) is 0 Å². The number of halogens is 3. The molecule has 1 aliphatic rings. The molecule has 1 heterocycles. The van der Waals surface area contributed by atoms with Crippen LogP contribution in [0.1, 0.15) is 48.7 Å². The standard InChI is InChI=1S/C31H29ClF2N2O4/c1-31(2,3)36(22-11-9-20(10-12-22)30(39)40)29(38)25(17-19-7-5-4-6-8-19)35-16-15-21(18-26(35)37)27-24(33)14-13-23(32)28(27)34/h4-14,18,25H,15-17H2,1-3H3,(H,39,40). The van der Waals surface area contributed by atoms with Crippen LogP contribution in [0.25, 0.3) is 5.57 Å². The van der Waals surface area contributed by atoms with Gasteiger partial charge in [0, 0.05) is 30.3 Å². The average Bonchev–Trinajstić information content (AvgIpc) is 2.90. The number of aromatic carboxylic acids is 1. The van der Waals surface area contributed by atoms with E-state index in [1.54, 1.807) is 17.0 Å². The molecule has 1 aliphatic heterocycles. The second kappa shape index (κ2) is 11.6. The molecule has 4 rings (SSSR count). The zero-order valence-electron chi connectivity index (χ0n) is 22.3. The Bertz CT molecular complexity index is 1470. The molecule has 0 aliphatic carbocycles. The van der Waals surface area contributed by atoms with Crippen molar-refractivity contribution >= 4 is 40.6 Å². The van der Waals surface area contributed by atoms with E-state index in [4.69, 9.17) is 11.6 Å². The summed E-state index contributed by atoms with van der Waals surface area (Å²) in [6, 6.07) is 16.4. The Hall–Kier alpha value is -4.04. The molecule has 9 heteroatoms. The highest BCUT2D eigenvalue weighted by Crippen LogP contribution is 2.33. The third-order valence-corrected chi connectivity index (χ3v) is 7.06. The van der Waals surface area contributed by atoms with E-state index in [-0.39, 0.29) is 47.0 Å². The van der Waals surface area contributed by atoms with Crippen LogP contribution in [-0.2, 0) is 16.0 Å². The lowest BCUT2D eigenvalue weighted by Crippen LogP contribution is -2.57. The van der Waals surface area contributed by atoms with Crippen molar-refractivity contribution in [1.82, 2.24) is 4.90 Å². The SMILES string of the molecule is CC(C)(C)N(C(=O)C(Cc1ccccc1)N1CCC(c2c(F)ccc(Cl)c2F)=CC1=O)c1ccc(C(=O)O)cc1. The number of anilines is 1. The van der Waals surface area contributed by atoms with Crippen LogP contribution in [0.2, 0.25) is 5.02 Å². The van der Waals surface area contributed by atoms with Crippen LogP contribution in [0, 0.1) is 11.6 Å². The van der Waals surface area contributed by atoms with E-state index in [1.165, 1.54) is 17.0 Å². The summed E-state index contributed by atoms with van der Waals surface area (Å²) < 4.78 is 29.3. The molecule has 0 radical (unpaired) electrons. The van der Waals surface area contributed by atoms with Gasteiger partial charge in [0.25, 0.3) is 5.91 Å². The highest BCUT2D eigenvalue weighted by molar-refractivity contribution is 6.31. The fourth-order valence-corrected chi connectivity index (χ4v) is 5.06. The van der Waals surface area contributed by atoms with Crippen LogP contribution in [0.5, 0.6) is 0 Å². The number of carboxylic acid groups (broad SMARTS) is 1. The van der Waals surface area contributed by atoms with Crippen molar-refractivity contribution in [3.05, 3.63) is 106 Å². The van der Waals surface area contributed by atoms with Gasteiger partial charge in [-0.05, 0) is 74.7 Å². The van der Waals surface area contributed by atoms with E-state index in [0.29, 0.717) is 5.69 Å². The summed E-state index contributed by atoms with van der Waals surface area (Å²) in [5, 5.41) is 9.05. The second-order valence-electron chi connectivity index (χ2n) is 10.6. The topological polar surface area (TPSA) is 77.9 Å². The van der Waals surface area contributed by atoms with E-state index < -0.39 is 35.1 Å². The van der Waals surface area contributed by atoms with Crippen molar-refractivity contribution in [2.24, 2.45) is 0 Å². The van der Waals surface area contributed by atoms with Crippen LogP contribution < -0.4 is 4.90 Å². The lowest BCUT2D eigenvalue weighted by molar-refractivity contribution is -0.136. The first-order valence-corrected chi connectivity index (χ1v) is 13.1. The first kappa shape index (κ1) is 29.0. The number of hydrogen-bond donors (Lipinski definition) is 1. The molecule has 0 saturated heterocycles. The molecule has 0 saturated carbocycles. The smallest absolute Gasteiger partial charge is 0.335 e. The van der Waals surface area contributed by atoms with E-state index in [2.05, 4.69) is 0 Å². The quantitative estimate of drug-likeness (QED) is 0.337. The van der Waals surface area contributed by atoms with Crippen LogP contribution >= 0.6 is 11.6 Å². The maximum absolute atomic E-state index is 14.7. The summed E-state index contributed by atoms with van der Waals surface area (Å²) in [7, 11) is 0. The fourth-order valence-electron chi connectivity index (χ4n) is 4.90. The van der Waals surface area contributed by atoms with Gasteiger partial charge in [0.2, 0.25) is 5.91 Å². The van der Waals surface area contributed by atoms with Gasteiger partial charge < -0.3 is 14.9 Å². The minimum Gasteiger partial charge on any atom is -0.478 e. The molecule has 1 unspecified atom stereocenters. The number of hydrogen-bond acceptors (Lipinski definition) is 3. The molecule has 208 valence electrons. The maximum atomic E-state index is 14.7. The number of amides is 2. The Kier molecular flexibility index (Phi) is 8.40. The summed E-state index contributed by atoms with van der Waals surface area (Å²) in [4.78, 5) is 42.1. The highest BCUT2D eigenvalue weighted by atomic mass is 35.5. The molecule has 3 aromatic carbocycles. The lowest BCUT2D eigenvalue weighted by Gasteiger charge is -2.41. The van der Waals surface area contributed by atoms with Crippen molar-refractivity contribution in [2.45, 2.75) is 45.2 Å². The molecular weight excluding hydrogens is 538 g/mol. The molecule has 3 aromatic rings. The van der Waals surface area contributed by atoms with Crippen molar-refractivity contribution in [1.29, 1.82) is 0 Å². The van der Waals surface area contributed by atoms with E-state index in [9.17, 15) is 28.3 Å². The average molecular weight is 567 g/mol. The maximum Gasteiger partial charge on any atom is 0.335 e. The van der Waals surface area contributed by atoms with Gasteiger partial charge in [-0.2, -0.15) is 0 Å². The summed E-state index contributed by atoms with van der Waals surface area (Å²) in [5.74, 6) is -3.77. The van der Waals surface area contributed by atoms with Crippen molar-refractivity contribution in [2.75, 3.05) is 11.4 Å². The van der Waals surface area contributed by atoms with Gasteiger partial charge in [0.1, 0.15) is 11.9 Å². The minimum absolute atomic E-state index is 0.0508. The van der Waals surface area contributed by atoms with Crippen LogP contribution in [0.3, 0.4) is 0 Å². The zero-order valence-corrected chi connectivity index (χ0v) is 23.1. The predicted octanol–water partition coefficient (Wildman–Crippen LogP) is 6.38. The molecule has 1 atom stereocenters. The van der Waals surface area contributed by atoms with Gasteiger partial charge in [-0.1, -0.05) is 41.9 Å². The third-order valence-electron chi connectivity index (χ3n) is 6.76. The third kappa shape index (κ3) is 6.07. The lowest BCUT2D eigenvalue weighted by atomic mass is 9.94. The summed E-state index contributed by atoms with van der Waals surface area (Å²) in [6.45, 7) is 5.58. The summed E-state index contributed by atoms with van der Waals surface area (Å²) in [5.41, 5.74) is 0.469. The number of rotatable bonds is 7. The predicted molar refractivity (Wildman–Crippen MR) is 150 cm³/mol. The van der Waals surface area contributed by atoms with Crippen molar-refractivity contribution in [3.63, 3.8) is 0 Å². The van der Waals surface area contributed by atoms with Crippen molar-refractivity contribution < 1.29 is 28.3 Å². The Labute approximate surface area is 236 Å². The monoisotopic (exact) mass is 566 g/mol. The summed E-state index contributed by atoms with van der Waals surface area (Å²) in [6.07, 6.45) is 1.48. The Morgan fingerprint density at radius 1 is 1.02 bits per heavy atom. The molecule has 2 amide bonds. The minimum atomic E-state index is -1.09. The number of benzene rings is 3. The zero-order chi connectivity index (χ0) is 29.2. The number of nitrogens with zero attached hydrogens (tertiary/aromatic N) is 2. The largest absolute Gasteiger partial charge is 0.478 e. The molecule has 0 bridgehead atoms. The Morgan fingerprint density at radius 3 is 2.25 bits per heavy atom. The fraction of sp³-hybridized carbons (Fsp3) is 0.258. The molecule has 0 spiro atoms. The normalized spacial score (nSPS) is 14.5. The second-order valence-corrected chi connectivity index (χ2v) is 11.0. The molecular formula is C31H29ClF2N2O4. The highest BCUT2D eigenvalue weighted by Gasteiger charge is 2.39. The van der Waals surface area contributed by atoms with Gasteiger partial charge in [-0.25, -0.2) is 13.6 Å². The first-order chi connectivity index (χ1) is 18.9. The van der Waals surface area contributed by atoms with E-state index in [0.717, 1.165) is 23.8 Å². The van der Waals surface area contributed by atoms with Gasteiger partial charge >= 0.3 is 5.97 Å². The van der Waals surface area contributed by atoms with Crippen LogP contribution in [0.4, 0.5) is 14.5 Å². The Balaban J connectivity index is 1.74. The van der Waals surface area contributed by atoms with Crippen LogP contribution in [0.15, 0.2) is 72.8 Å². The molecule has 6 nitrogen and oxygen atoms in total. The van der Waals surface area contributed by atoms with Gasteiger partial charge in [-0.15, -0.1) is 0 Å². The first-order valence-electron chi connectivity index (χ1n) is 12.7. The molecule has 1 N–H and O–H groups in total. The molecule has 40 heavy (non-hydrogen) atoms. The van der Waals surface area contributed by atoms with E-state index >= 15 is 0 Å². The molecule has 0 aromatic heterocycles. The molecule has 0 fully saturated rings. The van der Waals surface area contributed by atoms with Gasteiger partial charge in [0.15, 0.2) is 5.82 Å². The van der Waals surface area contributed by atoms with E-state index in [1.807, 2.05) is 51.1 Å². The van der Waals surface area contributed by atoms with Crippen LogP contribution in [-0.4, -0.2) is 45.9 Å². The number of carbonyl (C=O) groups excluding carboxylic acids is 2. The number of carboxylic acids is 1. The number of carbonyl (C=O) groups is 3. The van der Waals surface area contributed by atoms with Gasteiger partial charge in [-0.3, -0.25) is 9.59 Å².